The molecule has 0 spiro atoms. The van der Waals surface area contributed by atoms with Crippen molar-refractivity contribution in [3.05, 3.63) is 71.5 Å². The highest BCUT2D eigenvalue weighted by Crippen LogP contribution is 2.29. The van der Waals surface area contributed by atoms with Gasteiger partial charge in [-0.2, -0.15) is 0 Å². The van der Waals surface area contributed by atoms with Crippen molar-refractivity contribution < 1.29 is 14.2 Å². The zero-order valence-electron chi connectivity index (χ0n) is 10.1. The van der Waals surface area contributed by atoms with Crippen molar-refractivity contribution in [2.45, 2.75) is 5.60 Å². The second-order valence-corrected chi connectivity index (χ2v) is 4.17. The van der Waals surface area contributed by atoms with E-state index in [2.05, 4.69) is 0 Å². The molecule has 0 aromatic heterocycles. The van der Waals surface area contributed by atoms with Gasteiger partial charge in [-0.25, -0.2) is 4.39 Å². The summed E-state index contributed by atoms with van der Waals surface area (Å²) in [5, 5.41) is 10.8. The van der Waals surface area contributed by atoms with Crippen LogP contribution in [0.25, 0.3) is 0 Å². The van der Waals surface area contributed by atoms with Crippen molar-refractivity contribution in [3.8, 4) is 0 Å². The largest absolute Gasteiger partial charge is 0.381 e. The van der Waals surface area contributed by atoms with Crippen LogP contribution in [0, 0.1) is 5.82 Å². The Kier molecular flexibility index (Phi) is 3.75. The van der Waals surface area contributed by atoms with E-state index in [1.54, 1.807) is 12.1 Å². The average molecular weight is 246 g/mol. The van der Waals surface area contributed by atoms with Gasteiger partial charge in [0.25, 0.3) is 0 Å². The maximum Gasteiger partial charge on any atom is 0.138 e. The molecule has 0 aliphatic heterocycles. The molecular weight excluding hydrogens is 231 g/mol. The number of halogens is 1. The van der Waals surface area contributed by atoms with Crippen LogP contribution in [0.3, 0.4) is 0 Å². The highest BCUT2D eigenvalue weighted by atomic mass is 19.1. The monoisotopic (exact) mass is 246 g/mol. The fourth-order valence-electron chi connectivity index (χ4n) is 1.98. The van der Waals surface area contributed by atoms with Gasteiger partial charge in [0.05, 0.1) is 6.61 Å². The van der Waals surface area contributed by atoms with Crippen LogP contribution in [0.15, 0.2) is 54.6 Å². The molecule has 0 radical (unpaired) electrons. The van der Waals surface area contributed by atoms with Crippen molar-refractivity contribution in [2.75, 3.05) is 13.7 Å². The minimum atomic E-state index is -1.26. The molecule has 0 aliphatic rings. The van der Waals surface area contributed by atoms with Crippen molar-refractivity contribution in [1.29, 1.82) is 0 Å². The minimum absolute atomic E-state index is 0.114. The van der Waals surface area contributed by atoms with Crippen LogP contribution in [0.2, 0.25) is 0 Å². The third kappa shape index (κ3) is 2.42. The third-order valence-corrected chi connectivity index (χ3v) is 2.93. The second kappa shape index (κ2) is 5.29. The van der Waals surface area contributed by atoms with E-state index in [0.29, 0.717) is 5.56 Å². The smallest absolute Gasteiger partial charge is 0.138 e. The lowest BCUT2D eigenvalue weighted by Gasteiger charge is -2.28. The summed E-state index contributed by atoms with van der Waals surface area (Å²) in [5.74, 6) is -0.327. The molecule has 0 saturated carbocycles. The van der Waals surface area contributed by atoms with Gasteiger partial charge < -0.3 is 9.84 Å². The Morgan fingerprint density at radius 3 is 2.11 bits per heavy atom. The van der Waals surface area contributed by atoms with Gasteiger partial charge in [0.1, 0.15) is 11.4 Å². The molecule has 94 valence electrons. The van der Waals surface area contributed by atoms with Crippen LogP contribution < -0.4 is 0 Å². The molecule has 2 aromatic rings. The fourth-order valence-corrected chi connectivity index (χ4v) is 1.98. The molecule has 1 atom stereocenters. The van der Waals surface area contributed by atoms with Gasteiger partial charge in [-0.3, -0.25) is 0 Å². The Hall–Kier alpha value is -1.71. The predicted octanol–water partition coefficient (Wildman–Crippen LogP) is 2.71. The number of hydrogen-bond donors (Lipinski definition) is 1. The molecule has 3 heteroatoms. The SMILES string of the molecule is COCC(O)(c1ccccc1)c1ccc(F)cc1. The van der Waals surface area contributed by atoms with E-state index >= 15 is 0 Å². The van der Waals surface area contributed by atoms with Gasteiger partial charge >= 0.3 is 0 Å². The topological polar surface area (TPSA) is 29.5 Å². The van der Waals surface area contributed by atoms with Gasteiger partial charge in [0, 0.05) is 7.11 Å². The number of ether oxygens (including phenoxy) is 1. The highest BCUT2D eigenvalue weighted by molar-refractivity contribution is 5.36. The molecule has 0 heterocycles. The number of rotatable bonds is 4. The van der Waals surface area contributed by atoms with E-state index in [-0.39, 0.29) is 12.4 Å². The van der Waals surface area contributed by atoms with Crippen molar-refractivity contribution in [2.24, 2.45) is 0 Å². The number of aliphatic hydroxyl groups is 1. The zero-order valence-corrected chi connectivity index (χ0v) is 10.1. The van der Waals surface area contributed by atoms with E-state index < -0.39 is 5.60 Å². The molecule has 1 N–H and O–H groups in total. The van der Waals surface area contributed by atoms with E-state index in [0.717, 1.165) is 5.56 Å². The quantitative estimate of drug-likeness (QED) is 0.898. The molecule has 18 heavy (non-hydrogen) atoms. The standard InChI is InChI=1S/C15H15FO2/c1-18-11-15(17,12-5-3-2-4-6-12)13-7-9-14(16)10-8-13/h2-10,17H,11H2,1H3. The van der Waals surface area contributed by atoms with Crippen LogP contribution in [-0.4, -0.2) is 18.8 Å². The Balaban J connectivity index is 2.47. The molecular formula is C15H15FO2. The van der Waals surface area contributed by atoms with Crippen LogP contribution >= 0.6 is 0 Å². The Labute approximate surface area is 106 Å². The lowest BCUT2D eigenvalue weighted by Crippen LogP contribution is -2.32. The van der Waals surface area contributed by atoms with Crippen molar-refractivity contribution >= 4 is 0 Å². The molecule has 1 unspecified atom stereocenters. The normalized spacial score (nSPS) is 14.2. The van der Waals surface area contributed by atoms with Gasteiger partial charge in [-0.1, -0.05) is 42.5 Å². The Bertz CT molecular complexity index is 496. The molecule has 0 aliphatic carbocycles. The lowest BCUT2D eigenvalue weighted by molar-refractivity contribution is -0.00331. The summed E-state index contributed by atoms with van der Waals surface area (Å²) in [6, 6.07) is 15.0. The van der Waals surface area contributed by atoms with Crippen molar-refractivity contribution in [3.63, 3.8) is 0 Å². The molecule has 0 bridgehead atoms. The minimum Gasteiger partial charge on any atom is -0.381 e. The summed E-state index contributed by atoms with van der Waals surface area (Å²) < 4.78 is 18.1. The molecule has 2 aromatic carbocycles. The van der Waals surface area contributed by atoms with Gasteiger partial charge in [-0.15, -0.1) is 0 Å². The first kappa shape index (κ1) is 12.7. The first-order chi connectivity index (χ1) is 8.66. The molecule has 0 amide bonds. The summed E-state index contributed by atoms with van der Waals surface area (Å²) in [4.78, 5) is 0. The first-order valence-electron chi connectivity index (χ1n) is 5.70. The van der Waals surface area contributed by atoms with Crippen LogP contribution in [-0.2, 0) is 10.3 Å². The van der Waals surface area contributed by atoms with Gasteiger partial charge in [0.2, 0.25) is 0 Å². The molecule has 0 saturated heterocycles. The summed E-state index contributed by atoms with van der Waals surface area (Å²) in [6.45, 7) is 0.114. The summed E-state index contributed by atoms with van der Waals surface area (Å²) >= 11 is 0. The Morgan fingerprint density at radius 1 is 1.00 bits per heavy atom. The van der Waals surface area contributed by atoms with E-state index in [9.17, 15) is 9.50 Å². The van der Waals surface area contributed by atoms with E-state index in [1.807, 2.05) is 30.3 Å². The Morgan fingerprint density at radius 2 is 1.56 bits per heavy atom. The van der Waals surface area contributed by atoms with E-state index in [4.69, 9.17) is 4.74 Å². The number of methoxy groups -OCH3 is 1. The molecule has 2 rings (SSSR count). The molecule has 0 fully saturated rings. The summed E-state index contributed by atoms with van der Waals surface area (Å²) in [5.41, 5.74) is 0.0689. The lowest BCUT2D eigenvalue weighted by atomic mass is 9.87. The van der Waals surface area contributed by atoms with Crippen molar-refractivity contribution in [1.82, 2.24) is 0 Å². The van der Waals surface area contributed by atoms with Gasteiger partial charge in [-0.05, 0) is 23.3 Å². The summed E-state index contributed by atoms with van der Waals surface area (Å²) in [6.07, 6.45) is 0. The zero-order chi connectivity index (χ0) is 13.0. The van der Waals surface area contributed by atoms with Crippen LogP contribution in [0.1, 0.15) is 11.1 Å². The van der Waals surface area contributed by atoms with Crippen LogP contribution in [0.4, 0.5) is 4.39 Å². The maximum absolute atomic E-state index is 13.0. The predicted molar refractivity (Wildman–Crippen MR) is 67.7 cm³/mol. The van der Waals surface area contributed by atoms with Crippen LogP contribution in [0.5, 0.6) is 0 Å². The third-order valence-electron chi connectivity index (χ3n) is 2.93. The van der Waals surface area contributed by atoms with Gasteiger partial charge in [0.15, 0.2) is 0 Å². The summed E-state index contributed by atoms with van der Waals surface area (Å²) in [7, 11) is 1.53. The fraction of sp³-hybridized carbons (Fsp3) is 0.200. The highest BCUT2D eigenvalue weighted by Gasteiger charge is 2.31. The molecule has 2 nitrogen and oxygen atoms in total. The maximum atomic E-state index is 13.0. The second-order valence-electron chi connectivity index (χ2n) is 4.17. The number of hydrogen-bond acceptors (Lipinski definition) is 2. The average Bonchev–Trinajstić information content (AvgIpc) is 2.40. The number of benzene rings is 2. The first-order valence-corrected chi connectivity index (χ1v) is 5.70. The van der Waals surface area contributed by atoms with E-state index in [1.165, 1.54) is 19.2 Å².